The Bertz CT molecular complexity index is 992. The van der Waals surface area contributed by atoms with Crippen molar-refractivity contribution in [1.82, 2.24) is 14.7 Å². The van der Waals surface area contributed by atoms with Crippen molar-refractivity contribution in [2.24, 2.45) is 5.18 Å². The Kier molecular flexibility index (Phi) is 5.19. The Hall–Kier alpha value is -2.91. The molecule has 0 radical (unpaired) electrons. The van der Waals surface area contributed by atoms with E-state index in [1.54, 1.807) is 25.2 Å². The molecule has 2 N–H and O–H groups in total. The fourth-order valence-electron chi connectivity index (χ4n) is 2.57. The van der Waals surface area contributed by atoms with Gasteiger partial charge in [0.1, 0.15) is 28.8 Å². The van der Waals surface area contributed by atoms with Crippen molar-refractivity contribution in [3.63, 3.8) is 0 Å². The first-order valence-corrected chi connectivity index (χ1v) is 8.94. The van der Waals surface area contributed by atoms with Crippen LogP contribution in [0, 0.1) is 4.91 Å². The number of nitroso groups, excluding NO2 is 1. The molecule has 0 aliphatic carbocycles. The summed E-state index contributed by atoms with van der Waals surface area (Å²) >= 11 is 0. The van der Waals surface area contributed by atoms with E-state index in [-0.39, 0.29) is 0 Å². The topological polar surface area (TPSA) is 99.6 Å². The monoisotopic (exact) mass is 370 g/mol. The molecule has 3 aromatic rings. The average molecular weight is 370 g/mol. The van der Waals surface area contributed by atoms with Gasteiger partial charge in [0.25, 0.3) is 0 Å². The molecule has 3 rings (SSSR count). The summed E-state index contributed by atoms with van der Waals surface area (Å²) in [5.74, 6) is 0.586. The zero-order valence-corrected chi connectivity index (χ0v) is 15.4. The summed E-state index contributed by atoms with van der Waals surface area (Å²) in [6.45, 7) is 0. The molecule has 0 bridgehead atoms. The van der Waals surface area contributed by atoms with Crippen molar-refractivity contribution < 1.29 is 4.21 Å². The van der Waals surface area contributed by atoms with Crippen LogP contribution in [-0.2, 0) is 11.0 Å². The van der Waals surface area contributed by atoms with Crippen molar-refractivity contribution in [1.29, 1.82) is 0 Å². The lowest BCUT2D eigenvalue weighted by atomic mass is 10.2. The van der Waals surface area contributed by atoms with Crippen LogP contribution in [0.25, 0.3) is 10.9 Å². The third-order valence-corrected chi connectivity index (χ3v) is 4.88. The van der Waals surface area contributed by atoms with Gasteiger partial charge in [-0.15, -0.1) is 4.91 Å². The maximum atomic E-state index is 12.1. The first-order valence-electron chi connectivity index (χ1n) is 7.79. The Morgan fingerprint density at radius 3 is 2.62 bits per heavy atom. The van der Waals surface area contributed by atoms with E-state index in [1.165, 1.54) is 6.33 Å². The molecule has 9 heteroatoms. The van der Waals surface area contributed by atoms with Crippen molar-refractivity contribution in [3.05, 3.63) is 47.6 Å². The van der Waals surface area contributed by atoms with Gasteiger partial charge in [-0.3, -0.25) is 0 Å². The second kappa shape index (κ2) is 7.54. The molecule has 1 aromatic heterocycles. The van der Waals surface area contributed by atoms with Crippen LogP contribution >= 0.6 is 0 Å². The van der Waals surface area contributed by atoms with Crippen LogP contribution < -0.4 is 14.9 Å². The average Bonchev–Trinajstić information content (AvgIpc) is 2.66. The molecule has 0 spiro atoms. The lowest BCUT2D eigenvalue weighted by Gasteiger charge is -2.19. The van der Waals surface area contributed by atoms with E-state index in [4.69, 9.17) is 0 Å². The maximum Gasteiger partial charge on any atom is 0.141 e. The van der Waals surface area contributed by atoms with Crippen LogP contribution in [0.2, 0.25) is 0 Å². The molecule has 1 unspecified atom stereocenters. The van der Waals surface area contributed by atoms with Gasteiger partial charge in [0.05, 0.1) is 21.8 Å². The molecule has 8 nitrogen and oxygen atoms in total. The van der Waals surface area contributed by atoms with Crippen LogP contribution in [0.15, 0.2) is 52.8 Å². The fourth-order valence-corrected chi connectivity index (χ4v) is 3.22. The normalized spacial score (nSPS) is 12.0. The van der Waals surface area contributed by atoms with Crippen LogP contribution in [0.4, 0.5) is 22.9 Å². The molecule has 1 atom stereocenters. The number of fused-ring (bicyclic) bond motifs is 1. The number of nitrogens with zero attached hydrogens (tertiary/aromatic N) is 4. The van der Waals surface area contributed by atoms with Crippen molar-refractivity contribution in [2.45, 2.75) is 4.90 Å². The van der Waals surface area contributed by atoms with Gasteiger partial charge >= 0.3 is 0 Å². The lowest BCUT2D eigenvalue weighted by Crippen LogP contribution is -2.14. The summed E-state index contributed by atoms with van der Waals surface area (Å²) in [6.07, 6.45) is 1.42. The number of aromatic nitrogens is 2. The second-order valence-corrected chi connectivity index (χ2v) is 7.10. The summed E-state index contributed by atoms with van der Waals surface area (Å²) in [5, 5.41) is 6.98. The number of nitrogens with one attached hydrogen (secondary N) is 2. The summed E-state index contributed by atoms with van der Waals surface area (Å²) in [4.78, 5) is 21.8. The third-order valence-electron chi connectivity index (χ3n) is 3.83. The zero-order chi connectivity index (χ0) is 18.7. The first kappa shape index (κ1) is 17.9. The number of hydrogen-bond donors (Lipinski definition) is 2. The van der Waals surface area contributed by atoms with Gasteiger partial charge in [-0.25, -0.2) is 18.9 Å². The lowest BCUT2D eigenvalue weighted by molar-refractivity contribution is 0.678. The quantitative estimate of drug-likeness (QED) is 0.647. The van der Waals surface area contributed by atoms with Gasteiger partial charge in [-0.2, -0.15) is 0 Å². The van der Waals surface area contributed by atoms with E-state index in [0.717, 1.165) is 16.8 Å². The highest BCUT2D eigenvalue weighted by atomic mass is 32.2. The standard InChI is InChI=1S/C17H18N6O2S/c1-18-26(25)12-5-7-16(23(2)3)15(9-12)21-17-13-6-4-11(22-24)8-14(13)19-10-20-17/h4-10,18H,1-3H3,(H,19,20,21). The fraction of sp³-hybridized carbons (Fsp3) is 0.176. The summed E-state index contributed by atoms with van der Waals surface area (Å²) in [5.41, 5.74) is 2.59. The van der Waals surface area contributed by atoms with E-state index in [2.05, 4.69) is 25.2 Å². The summed E-state index contributed by atoms with van der Waals surface area (Å²) in [6, 6.07) is 10.5. The smallest absolute Gasteiger partial charge is 0.141 e. The summed E-state index contributed by atoms with van der Waals surface area (Å²) in [7, 11) is 4.19. The van der Waals surface area contributed by atoms with Gasteiger partial charge in [-0.1, -0.05) is 0 Å². The maximum absolute atomic E-state index is 12.1. The van der Waals surface area contributed by atoms with Crippen LogP contribution in [-0.4, -0.2) is 35.3 Å². The molecule has 1 heterocycles. The number of anilines is 3. The van der Waals surface area contributed by atoms with E-state index < -0.39 is 11.0 Å². The van der Waals surface area contributed by atoms with Crippen molar-refractivity contribution in [3.8, 4) is 0 Å². The molecule has 26 heavy (non-hydrogen) atoms. The number of hydrogen-bond acceptors (Lipinski definition) is 7. The van der Waals surface area contributed by atoms with Gasteiger partial charge in [-0.05, 0) is 48.6 Å². The Labute approximate surface area is 153 Å². The van der Waals surface area contributed by atoms with Gasteiger partial charge in [0, 0.05) is 19.5 Å². The Morgan fingerprint density at radius 2 is 1.92 bits per heavy atom. The largest absolute Gasteiger partial charge is 0.376 e. The van der Waals surface area contributed by atoms with Gasteiger partial charge in [0.15, 0.2) is 0 Å². The molecule has 0 aliphatic heterocycles. The predicted molar refractivity (Wildman–Crippen MR) is 105 cm³/mol. The van der Waals surface area contributed by atoms with Gasteiger partial charge < -0.3 is 10.2 Å². The molecule has 2 aromatic carbocycles. The molecule has 134 valence electrons. The number of rotatable bonds is 6. The SMILES string of the molecule is CNS(=O)c1ccc(N(C)C)c(Nc2ncnc3cc(N=O)ccc23)c1. The molecule has 0 aliphatic rings. The Balaban J connectivity index is 2.09. The van der Waals surface area contributed by atoms with E-state index in [1.807, 2.05) is 37.2 Å². The predicted octanol–water partition coefficient (Wildman–Crippen LogP) is 3.08. The minimum Gasteiger partial charge on any atom is -0.376 e. The van der Waals surface area contributed by atoms with Crippen molar-refractivity contribution in [2.75, 3.05) is 31.4 Å². The highest BCUT2D eigenvalue weighted by Gasteiger charge is 2.12. The molecule has 0 amide bonds. The van der Waals surface area contributed by atoms with Crippen LogP contribution in [0.1, 0.15) is 0 Å². The number of benzene rings is 2. The Morgan fingerprint density at radius 1 is 1.12 bits per heavy atom. The minimum absolute atomic E-state index is 0.308. The van der Waals surface area contributed by atoms with Gasteiger partial charge in [0.2, 0.25) is 0 Å². The van der Waals surface area contributed by atoms with E-state index >= 15 is 0 Å². The summed E-state index contributed by atoms with van der Waals surface area (Å²) < 4.78 is 14.8. The molecular formula is C17H18N6O2S. The highest BCUT2D eigenvalue weighted by Crippen LogP contribution is 2.32. The first-order chi connectivity index (χ1) is 12.5. The van der Waals surface area contributed by atoms with E-state index in [0.29, 0.717) is 21.9 Å². The molecule has 0 saturated heterocycles. The molecule has 0 saturated carbocycles. The van der Waals surface area contributed by atoms with E-state index in [9.17, 15) is 9.12 Å². The third kappa shape index (κ3) is 3.53. The highest BCUT2D eigenvalue weighted by molar-refractivity contribution is 7.83. The molecule has 0 fully saturated rings. The minimum atomic E-state index is -1.30. The van der Waals surface area contributed by atoms with Crippen LogP contribution in [0.5, 0.6) is 0 Å². The van der Waals surface area contributed by atoms with Crippen molar-refractivity contribution >= 4 is 44.8 Å². The van der Waals surface area contributed by atoms with Crippen LogP contribution in [0.3, 0.4) is 0 Å². The second-order valence-electron chi connectivity index (χ2n) is 5.69. The molecular weight excluding hydrogens is 352 g/mol. The zero-order valence-electron chi connectivity index (χ0n) is 14.6.